The molecule has 1 heteroatoms. The second kappa shape index (κ2) is 4.96. The van der Waals surface area contributed by atoms with Crippen molar-refractivity contribution < 1.29 is 0 Å². The van der Waals surface area contributed by atoms with Gasteiger partial charge in [0, 0.05) is 4.47 Å². The maximum absolute atomic E-state index is 3.81. The molecule has 1 aliphatic rings. The van der Waals surface area contributed by atoms with Gasteiger partial charge in [-0.2, -0.15) is 0 Å². The van der Waals surface area contributed by atoms with Crippen molar-refractivity contribution in [2.45, 2.75) is 58.8 Å². The molecule has 0 heterocycles. The number of hydrogen-bond donors (Lipinski definition) is 0. The molecule has 0 amide bonds. The monoisotopic (exact) mass is 356 g/mol. The summed E-state index contributed by atoms with van der Waals surface area (Å²) in [5.41, 5.74) is 8.90. The first kappa shape index (κ1) is 15.8. The van der Waals surface area contributed by atoms with Gasteiger partial charge in [-0.1, -0.05) is 81.7 Å². The Balaban J connectivity index is 2.21. The molecule has 1 aliphatic carbocycles. The van der Waals surface area contributed by atoms with Crippen molar-refractivity contribution in [1.82, 2.24) is 0 Å². The van der Waals surface area contributed by atoms with Gasteiger partial charge in [0.05, 0.1) is 0 Å². The minimum absolute atomic E-state index is 0.169. The molecule has 0 radical (unpaired) electrons. The van der Waals surface area contributed by atoms with Gasteiger partial charge in [0.2, 0.25) is 0 Å². The number of rotatable bonds is 0. The molecule has 116 valence electrons. The van der Waals surface area contributed by atoms with E-state index in [0.717, 1.165) is 6.42 Å². The van der Waals surface area contributed by atoms with Gasteiger partial charge in [-0.05, 0) is 56.7 Å². The molecular formula is C21H25Br. The van der Waals surface area contributed by atoms with Crippen LogP contribution in [0.1, 0.15) is 63.8 Å². The van der Waals surface area contributed by atoms with E-state index in [9.17, 15) is 0 Å². The Kier molecular flexibility index (Phi) is 3.56. The zero-order valence-corrected chi connectivity index (χ0v) is 16.1. The SMILES string of the molecule is CC(C)(C)c1ccc2c(c1)-c1cc(C(C)(C)C)cc(Br)c1C2. The molecule has 0 bridgehead atoms. The van der Waals surface area contributed by atoms with Crippen LogP contribution in [0.3, 0.4) is 0 Å². The molecule has 0 aliphatic heterocycles. The summed E-state index contributed by atoms with van der Waals surface area (Å²) in [6.07, 6.45) is 1.04. The molecule has 0 spiro atoms. The van der Waals surface area contributed by atoms with E-state index in [1.807, 2.05) is 0 Å². The number of benzene rings is 2. The Morgan fingerprint density at radius 3 is 1.95 bits per heavy atom. The summed E-state index contributed by atoms with van der Waals surface area (Å²) in [6.45, 7) is 13.7. The third-order valence-electron chi connectivity index (χ3n) is 4.69. The maximum atomic E-state index is 3.81. The van der Waals surface area contributed by atoms with E-state index >= 15 is 0 Å². The van der Waals surface area contributed by atoms with E-state index in [4.69, 9.17) is 0 Å². The Morgan fingerprint density at radius 1 is 0.773 bits per heavy atom. The molecule has 0 N–H and O–H groups in total. The fourth-order valence-corrected chi connectivity index (χ4v) is 3.73. The van der Waals surface area contributed by atoms with E-state index < -0.39 is 0 Å². The summed E-state index contributed by atoms with van der Waals surface area (Å²) in [6, 6.07) is 11.7. The fraction of sp³-hybridized carbons (Fsp3) is 0.429. The van der Waals surface area contributed by atoms with Crippen LogP contribution in [0.2, 0.25) is 0 Å². The smallest absolute Gasteiger partial charge is 0.0219 e. The van der Waals surface area contributed by atoms with Gasteiger partial charge < -0.3 is 0 Å². The second-order valence-electron chi connectivity index (χ2n) is 8.53. The molecule has 0 fully saturated rings. The van der Waals surface area contributed by atoms with Crippen LogP contribution in [0.15, 0.2) is 34.8 Å². The molecule has 0 saturated carbocycles. The van der Waals surface area contributed by atoms with Gasteiger partial charge in [-0.15, -0.1) is 0 Å². The first-order valence-corrected chi connectivity index (χ1v) is 8.83. The molecule has 0 nitrogen and oxygen atoms in total. The molecule has 0 atom stereocenters. The molecule has 22 heavy (non-hydrogen) atoms. The lowest BCUT2D eigenvalue weighted by atomic mass is 9.83. The predicted octanol–water partition coefficient (Wildman–Crippen LogP) is 6.62. The summed E-state index contributed by atoms with van der Waals surface area (Å²) in [7, 11) is 0. The van der Waals surface area contributed by atoms with Crippen molar-refractivity contribution >= 4 is 15.9 Å². The summed E-state index contributed by atoms with van der Waals surface area (Å²) in [5, 5.41) is 0. The molecule has 0 saturated heterocycles. The lowest BCUT2D eigenvalue weighted by Gasteiger charge is -2.22. The van der Waals surface area contributed by atoms with Crippen molar-refractivity contribution in [3.05, 3.63) is 57.1 Å². The standard InChI is InChI=1S/C21H25Br/c1-20(2,3)14-8-7-13-9-18-17(16(13)10-14)11-15(12-19(18)22)21(4,5)6/h7-8,10-12H,9H2,1-6H3. The van der Waals surface area contributed by atoms with E-state index in [1.54, 1.807) is 0 Å². The third kappa shape index (κ3) is 2.65. The Labute approximate surface area is 143 Å². The molecular weight excluding hydrogens is 332 g/mol. The highest BCUT2D eigenvalue weighted by Gasteiger charge is 2.26. The maximum Gasteiger partial charge on any atom is 0.0219 e. The van der Waals surface area contributed by atoms with Crippen LogP contribution in [0.5, 0.6) is 0 Å². The van der Waals surface area contributed by atoms with Crippen LogP contribution >= 0.6 is 15.9 Å². The molecule has 2 aromatic carbocycles. The zero-order chi connectivity index (χ0) is 16.3. The highest BCUT2D eigenvalue weighted by Crippen LogP contribution is 2.44. The minimum Gasteiger partial charge on any atom is -0.0582 e. The number of fused-ring (bicyclic) bond motifs is 3. The van der Waals surface area contributed by atoms with Gasteiger partial charge in [0.1, 0.15) is 0 Å². The highest BCUT2D eigenvalue weighted by atomic mass is 79.9. The quantitative estimate of drug-likeness (QED) is 0.424. The molecule has 2 aromatic rings. The highest BCUT2D eigenvalue weighted by molar-refractivity contribution is 9.10. The third-order valence-corrected chi connectivity index (χ3v) is 5.40. The first-order chi connectivity index (χ1) is 10.1. The van der Waals surface area contributed by atoms with Gasteiger partial charge in [-0.25, -0.2) is 0 Å². The van der Waals surface area contributed by atoms with E-state index in [-0.39, 0.29) is 10.8 Å². The van der Waals surface area contributed by atoms with E-state index in [1.165, 1.54) is 37.9 Å². The average Bonchev–Trinajstić information content (AvgIpc) is 2.75. The van der Waals surface area contributed by atoms with Crippen LogP contribution in [-0.2, 0) is 17.3 Å². The van der Waals surface area contributed by atoms with Crippen molar-refractivity contribution in [3.8, 4) is 11.1 Å². The number of halogens is 1. The van der Waals surface area contributed by atoms with Crippen molar-refractivity contribution in [2.75, 3.05) is 0 Å². The van der Waals surface area contributed by atoms with Crippen molar-refractivity contribution in [3.63, 3.8) is 0 Å². The van der Waals surface area contributed by atoms with Crippen molar-refractivity contribution in [2.24, 2.45) is 0 Å². The Hall–Kier alpha value is -1.08. The minimum atomic E-state index is 0.169. The van der Waals surface area contributed by atoms with Gasteiger partial charge in [-0.3, -0.25) is 0 Å². The Morgan fingerprint density at radius 2 is 1.36 bits per heavy atom. The van der Waals surface area contributed by atoms with Crippen LogP contribution in [0.4, 0.5) is 0 Å². The van der Waals surface area contributed by atoms with Gasteiger partial charge in [0.25, 0.3) is 0 Å². The van der Waals surface area contributed by atoms with Crippen LogP contribution < -0.4 is 0 Å². The van der Waals surface area contributed by atoms with Crippen LogP contribution in [0, 0.1) is 0 Å². The predicted molar refractivity (Wildman–Crippen MR) is 99.8 cm³/mol. The summed E-state index contributed by atoms with van der Waals surface area (Å²) >= 11 is 3.81. The first-order valence-electron chi connectivity index (χ1n) is 8.04. The van der Waals surface area contributed by atoms with Gasteiger partial charge in [0.15, 0.2) is 0 Å². The largest absolute Gasteiger partial charge is 0.0582 e. The van der Waals surface area contributed by atoms with E-state index in [0.29, 0.717) is 0 Å². The molecule has 3 rings (SSSR count). The normalized spacial score (nSPS) is 14.0. The summed E-state index contributed by atoms with van der Waals surface area (Å²) in [5.74, 6) is 0. The molecule has 0 unspecified atom stereocenters. The lowest BCUT2D eigenvalue weighted by Crippen LogP contribution is -2.12. The van der Waals surface area contributed by atoms with Crippen LogP contribution in [0.25, 0.3) is 11.1 Å². The molecule has 0 aromatic heterocycles. The van der Waals surface area contributed by atoms with E-state index in [2.05, 4.69) is 87.8 Å². The van der Waals surface area contributed by atoms with Crippen LogP contribution in [-0.4, -0.2) is 0 Å². The Bertz CT molecular complexity index is 740. The second-order valence-corrected chi connectivity index (χ2v) is 9.39. The van der Waals surface area contributed by atoms with Crippen molar-refractivity contribution in [1.29, 1.82) is 0 Å². The summed E-state index contributed by atoms with van der Waals surface area (Å²) < 4.78 is 1.25. The number of hydrogen-bond acceptors (Lipinski definition) is 0. The lowest BCUT2D eigenvalue weighted by molar-refractivity contribution is 0.589. The summed E-state index contributed by atoms with van der Waals surface area (Å²) in [4.78, 5) is 0. The van der Waals surface area contributed by atoms with Gasteiger partial charge >= 0.3 is 0 Å². The fourth-order valence-electron chi connectivity index (χ4n) is 3.13. The zero-order valence-electron chi connectivity index (χ0n) is 14.5. The topological polar surface area (TPSA) is 0 Å². The average molecular weight is 357 g/mol.